The molecule has 1 aromatic heterocycles. The average molecular weight is 422 g/mol. The number of pyridine rings is 1. The van der Waals surface area contributed by atoms with Crippen molar-refractivity contribution >= 4 is 23.4 Å². The Morgan fingerprint density at radius 1 is 0.933 bits per heavy atom. The Balaban J connectivity index is 1.72. The predicted molar refractivity (Wildman–Crippen MR) is 118 cm³/mol. The predicted octanol–water partition coefficient (Wildman–Crippen LogP) is 4.01. The van der Waals surface area contributed by atoms with E-state index in [0.717, 1.165) is 16.7 Å². The van der Waals surface area contributed by atoms with Crippen LogP contribution in [0.2, 0.25) is 5.02 Å². The van der Waals surface area contributed by atoms with Crippen LogP contribution in [0.5, 0.6) is 0 Å². The van der Waals surface area contributed by atoms with E-state index in [9.17, 15) is 9.59 Å². The van der Waals surface area contributed by atoms with Crippen LogP contribution in [0.1, 0.15) is 23.6 Å². The topological polar surface area (TPSA) is 62.3 Å². The zero-order valence-corrected chi connectivity index (χ0v) is 17.5. The minimum atomic E-state index is -0.619. The van der Waals surface area contributed by atoms with Crippen molar-refractivity contribution in [2.75, 3.05) is 0 Å². The molecule has 0 saturated heterocycles. The molecule has 0 saturated carbocycles. The zero-order chi connectivity index (χ0) is 21.3. The number of nitrogens with zero attached hydrogens (tertiary/aromatic N) is 2. The summed E-state index contributed by atoms with van der Waals surface area (Å²) in [5.74, 6) is -0.320. The van der Waals surface area contributed by atoms with Gasteiger partial charge in [-0.25, -0.2) is 0 Å². The number of nitrogens with one attached hydrogen (secondary N) is 1. The molecule has 1 atom stereocenters. The number of amides is 2. The highest BCUT2D eigenvalue weighted by molar-refractivity contribution is 6.30. The maximum atomic E-state index is 13.1. The third-order valence-corrected chi connectivity index (χ3v) is 5.10. The molecule has 0 fully saturated rings. The number of aromatic nitrogens is 1. The Morgan fingerprint density at radius 3 is 2.27 bits per heavy atom. The van der Waals surface area contributed by atoms with Gasteiger partial charge in [0.25, 0.3) is 0 Å². The third kappa shape index (κ3) is 6.16. The van der Waals surface area contributed by atoms with Gasteiger partial charge in [-0.1, -0.05) is 54.1 Å². The largest absolute Gasteiger partial charge is 0.350 e. The lowest BCUT2D eigenvalue weighted by Crippen LogP contribution is -2.47. The van der Waals surface area contributed by atoms with Gasteiger partial charge in [0.05, 0.1) is 6.42 Å². The third-order valence-electron chi connectivity index (χ3n) is 4.85. The fourth-order valence-corrected chi connectivity index (χ4v) is 3.20. The highest BCUT2D eigenvalue weighted by Gasteiger charge is 2.26. The van der Waals surface area contributed by atoms with Gasteiger partial charge in [-0.3, -0.25) is 14.6 Å². The van der Waals surface area contributed by atoms with Gasteiger partial charge in [0, 0.05) is 30.5 Å². The number of halogens is 1. The Labute approximate surface area is 181 Å². The SMILES string of the molecule is C[C@H](C(=O)NCc1ccncc1)N(Cc1ccccc1)C(=O)Cc1ccc(Cl)cc1. The van der Waals surface area contributed by atoms with Gasteiger partial charge in [-0.05, 0) is 47.9 Å². The molecule has 2 amide bonds. The van der Waals surface area contributed by atoms with Crippen LogP contribution in [0.3, 0.4) is 0 Å². The molecule has 0 spiro atoms. The smallest absolute Gasteiger partial charge is 0.242 e. The van der Waals surface area contributed by atoms with E-state index in [0.29, 0.717) is 18.1 Å². The summed E-state index contributed by atoms with van der Waals surface area (Å²) in [4.78, 5) is 31.5. The summed E-state index contributed by atoms with van der Waals surface area (Å²) in [6.45, 7) is 2.50. The molecule has 0 unspecified atom stereocenters. The summed E-state index contributed by atoms with van der Waals surface area (Å²) in [5.41, 5.74) is 2.77. The van der Waals surface area contributed by atoms with Gasteiger partial charge >= 0.3 is 0 Å². The number of hydrogen-bond donors (Lipinski definition) is 1. The van der Waals surface area contributed by atoms with E-state index >= 15 is 0 Å². The molecular weight excluding hydrogens is 398 g/mol. The average Bonchev–Trinajstić information content (AvgIpc) is 2.78. The second-order valence-corrected chi connectivity index (χ2v) is 7.50. The monoisotopic (exact) mass is 421 g/mol. The molecule has 0 bridgehead atoms. The van der Waals surface area contributed by atoms with Gasteiger partial charge < -0.3 is 10.2 Å². The standard InChI is InChI=1S/C24H24ClN3O2/c1-18(24(30)27-16-20-11-13-26-14-12-20)28(17-21-5-3-2-4-6-21)23(29)15-19-7-9-22(25)10-8-19/h2-14,18H,15-17H2,1H3,(H,27,30)/t18-/m1/s1. The van der Waals surface area contributed by atoms with Crippen LogP contribution < -0.4 is 5.32 Å². The van der Waals surface area contributed by atoms with Crippen LogP contribution in [0.15, 0.2) is 79.1 Å². The Bertz CT molecular complexity index is 963. The first-order valence-electron chi connectivity index (χ1n) is 9.77. The quantitative estimate of drug-likeness (QED) is 0.597. The van der Waals surface area contributed by atoms with E-state index in [1.807, 2.05) is 54.6 Å². The van der Waals surface area contributed by atoms with E-state index in [-0.39, 0.29) is 18.2 Å². The summed E-state index contributed by atoms with van der Waals surface area (Å²) >= 11 is 5.94. The van der Waals surface area contributed by atoms with Gasteiger partial charge in [-0.15, -0.1) is 0 Å². The molecule has 0 aliphatic rings. The number of hydrogen-bond acceptors (Lipinski definition) is 3. The minimum Gasteiger partial charge on any atom is -0.350 e. The Morgan fingerprint density at radius 2 is 1.60 bits per heavy atom. The van der Waals surface area contributed by atoms with Crippen LogP contribution in [0.25, 0.3) is 0 Å². The highest BCUT2D eigenvalue weighted by Crippen LogP contribution is 2.14. The van der Waals surface area contributed by atoms with E-state index in [2.05, 4.69) is 10.3 Å². The molecular formula is C24H24ClN3O2. The van der Waals surface area contributed by atoms with Gasteiger partial charge in [0.15, 0.2) is 0 Å². The fourth-order valence-electron chi connectivity index (χ4n) is 3.08. The van der Waals surface area contributed by atoms with Crippen LogP contribution in [-0.2, 0) is 29.1 Å². The number of carbonyl (C=O) groups is 2. The van der Waals surface area contributed by atoms with Crippen LogP contribution in [-0.4, -0.2) is 27.7 Å². The lowest BCUT2D eigenvalue weighted by molar-refractivity contribution is -0.140. The van der Waals surface area contributed by atoms with Crippen molar-refractivity contribution in [2.24, 2.45) is 0 Å². The molecule has 0 aliphatic heterocycles. The summed E-state index contributed by atoms with van der Waals surface area (Å²) in [5, 5.41) is 3.53. The summed E-state index contributed by atoms with van der Waals surface area (Å²) in [6, 6.07) is 19.9. The molecule has 0 aliphatic carbocycles. The van der Waals surface area contributed by atoms with E-state index < -0.39 is 6.04 Å². The fraction of sp³-hybridized carbons (Fsp3) is 0.208. The second kappa shape index (κ2) is 10.6. The zero-order valence-electron chi connectivity index (χ0n) is 16.8. The van der Waals surface area contributed by atoms with Crippen LogP contribution in [0, 0.1) is 0 Å². The molecule has 5 nitrogen and oxygen atoms in total. The molecule has 154 valence electrons. The first-order valence-corrected chi connectivity index (χ1v) is 10.1. The molecule has 3 rings (SSSR count). The normalized spacial score (nSPS) is 11.5. The maximum absolute atomic E-state index is 13.1. The van der Waals surface area contributed by atoms with Crippen LogP contribution in [0.4, 0.5) is 0 Å². The van der Waals surface area contributed by atoms with Crippen molar-refractivity contribution in [3.63, 3.8) is 0 Å². The summed E-state index contributed by atoms with van der Waals surface area (Å²) < 4.78 is 0. The first kappa shape index (κ1) is 21.5. The molecule has 2 aromatic carbocycles. The van der Waals surface area contributed by atoms with Crippen molar-refractivity contribution in [2.45, 2.75) is 32.5 Å². The molecule has 1 N–H and O–H groups in total. The van der Waals surface area contributed by atoms with Crippen molar-refractivity contribution in [1.29, 1.82) is 0 Å². The number of carbonyl (C=O) groups excluding carboxylic acids is 2. The van der Waals surface area contributed by atoms with E-state index in [4.69, 9.17) is 11.6 Å². The lowest BCUT2D eigenvalue weighted by Gasteiger charge is -2.29. The van der Waals surface area contributed by atoms with E-state index in [1.165, 1.54) is 0 Å². The molecule has 1 heterocycles. The Hall–Kier alpha value is -3.18. The molecule has 6 heteroatoms. The molecule has 0 radical (unpaired) electrons. The van der Waals surface area contributed by atoms with Crippen molar-refractivity contribution in [3.05, 3.63) is 101 Å². The first-order chi connectivity index (χ1) is 14.5. The highest BCUT2D eigenvalue weighted by atomic mass is 35.5. The molecule has 30 heavy (non-hydrogen) atoms. The second-order valence-electron chi connectivity index (χ2n) is 7.06. The number of rotatable bonds is 8. The lowest BCUT2D eigenvalue weighted by atomic mass is 10.1. The van der Waals surface area contributed by atoms with Crippen molar-refractivity contribution in [1.82, 2.24) is 15.2 Å². The molecule has 3 aromatic rings. The van der Waals surface area contributed by atoms with Crippen molar-refractivity contribution in [3.8, 4) is 0 Å². The van der Waals surface area contributed by atoms with Gasteiger partial charge in [0.2, 0.25) is 11.8 Å². The summed E-state index contributed by atoms with van der Waals surface area (Å²) in [7, 11) is 0. The van der Waals surface area contributed by atoms with Crippen LogP contribution >= 0.6 is 11.6 Å². The maximum Gasteiger partial charge on any atom is 0.242 e. The van der Waals surface area contributed by atoms with E-state index in [1.54, 1.807) is 36.4 Å². The van der Waals surface area contributed by atoms with Gasteiger partial charge in [0.1, 0.15) is 6.04 Å². The van der Waals surface area contributed by atoms with Gasteiger partial charge in [-0.2, -0.15) is 0 Å². The van der Waals surface area contributed by atoms with Crippen molar-refractivity contribution < 1.29 is 9.59 Å². The minimum absolute atomic E-state index is 0.118. The Kier molecular flexibility index (Phi) is 7.57. The number of benzene rings is 2. The summed E-state index contributed by atoms with van der Waals surface area (Å²) in [6.07, 6.45) is 3.57.